The van der Waals surface area contributed by atoms with Crippen molar-refractivity contribution in [1.82, 2.24) is 19.5 Å². The first kappa shape index (κ1) is 17.4. The normalized spacial score (nSPS) is 19.0. The number of aromatic amines is 1. The van der Waals surface area contributed by atoms with E-state index in [1.807, 2.05) is 10.7 Å². The lowest BCUT2D eigenvalue weighted by Gasteiger charge is -2.22. The Morgan fingerprint density at radius 2 is 1.96 bits per heavy atom. The van der Waals surface area contributed by atoms with Crippen molar-refractivity contribution in [3.05, 3.63) is 46.4 Å². The summed E-state index contributed by atoms with van der Waals surface area (Å²) < 4.78 is 28.3. The maximum Gasteiger partial charge on any atom is 0.261 e. The average Bonchev–Trinajstić information content (AvgIpc) is 3.21. The lowest BCUT2D eigenvalue weighted by atomic mass is 9.95. The Labute approximate surface area is 162 Å². The molecule has 3 aromatic rings. The molecule has 0 saturated heterocycles. The molecule has 1 aromatic carbocycles. The van der Waals surface area contributed by atoms with E-state index in [0.29, 0.717) is 33.4 Å². The van der Waals surface area contributed by atoms with Crippen LogP contribution in [-0.4, -0.2) is 23.2 Å². The molecule has 146 valence electrons. The highest BCUT2D eigenvalue weighted by atomic mass is 32.2. The van der Waals surface area contributed by atoms with Gasteiger partial charge < -0.3 is 10.3 Å². The number of hydrogen-bond donors (Lipinski definition) is 3. The smallest absolute Gasteiger partial charge is 0.261 e. The van der Waals surface area contributed by atoms with Gasteiger partial charge in [-0.15, -0.1) is 0 Å². The van der Waals surface area contributed by atoms with Gasteiger partial charge in [0.1, 0.15) is 5.39 Å². The maximum atomic E-state index is 12.5. The zero-order chi connectivity index (χ0) is 19.3. The SMILES string of the molecule is O=c1[nH]ccc2c1c(Nc1ccc3c(c1)CNS3(=O)=O)nn2C1CCCCC1. The maximum absolute atomic E-state index is 12.5. The lowest BCUT2D eigenvalue weighted by molar-refractivity contribution is 0.338. The van der Waals surface area contributed by atoms with Crippen LogP contribution in [0.5, 0.6) is 0 Å². The van der Waals surface area contributed by atoms with Crippen LogP contribution in [0.2, 0.25) is 0 Å². The quantitative estimate of drug-likeness (QED) is 0.627. The molecule has 28 heavy (non-hydrogen) atoms. The minimum Gasteiger partial charge on any atom is -0.338 e. The first-order valence-corrected chi connectivity index (χ1v) is 11.0. The molecule has 2 aromatic heterocycles. The standard InChI is InChI=1S/C19H21N5O3S/c25-19-17-15(8-9-20-19)24(14-4-2-1-3-5-14)23-18(17)22-13-6-7-16-12(10-13)11-21-28(16,26)27/h6-10,14,21H,1-5,11H2,(H,20,25)(H,22,23). The number of sulfonamides is 1. The monoisotopic (exact) mass is 399 g/mol. The van der Waals surface area contributed by atoms with Crippen LogP contribution in [0.3, 0.4) is 0 Å². The predicted octanol–water partition coefficient (Wildman–Crippen LogP) is 2.77. The number of anilines is 2. The number of fused-ring (bicyclic) bond motifs is 2. The third kappa shape index (κ3) is 2.82. The van der Waals surface area contributed by atoms with Crippen LogP contribution in [0.4, 0.5) is 11.5 Å². The van der Waals surface area contributed by atoms with Crippen molar-refractivity contribution >= 4 is 32.4 Å². The van der Waals surface area contributed by atoms with E-state index in [1.165, 1.54) is 19.3 Å². The fourth-order valence-corrected chi connectivity index (χ4v) is 5.46. The first-order chi connectivity index (χ1) is 13.5. The van der Waals surface area contributed by atoms with E-state index in [4.69, 9.17) is 5.10 Å². The first-order valence-electron chi connectivity index (χ1n) is 9.52. The number of H-pyrrole nitrogens is 1. The fourth-order valence-electron chi connectivity index (χ4n) is 4.24. The lowest BCUT2D eigenvalue weighted by Crippen LogP contribution is -2.14. The molecular weight excluding hydrogens is 378 g/mol. The van der Waals surface area contributed by atoms with Gasteiger partial charge in [-0.05, 0) is 42.7 Å². The van der Waals surface area contributed by atoms with Crippen LogP contribution >= 0.6 is 0 Å². The molecule has 5 rings (SSSR count). The molecule has 3 N–H and O–H groups in total. The molecule has 1 saturated carbocycles. The Morgan fingerprint density at radius 3 is 2.79 bits per heavy atom. The van der Waals surface area contributed by atoms with Crippen LogP contribution in [0.15, 0.2) is 40.2 Å². The number of benzene rings is 1. The zero-order valence-corrected chi connectivity index (χ0v) is 16.1. The third-order valence-corrected chi connectivity index (χ3v) is 7.12. The number of rotatable bonds is 3. The van der Waals surface area contributed by atoms with Gasteiger partial charge in [0.25, 0.3) is 5.56 Å². The number of hydrogen-bond acceptors (Lipinski definition) is 5. The summed E-state index contributed by atoms with van der Waals surface area (Å²) in [6.07, 6.45) is 7.36. The molecule has 0 radical (unpaired) electrons. The van der Waals surface area contributed by atoms with Gasteiger partial charge in [-0.25, -0.2) is 13.1 Å². The fraction of sp³-hybridized carbons (Fsp3) is 0.368. The second kappa shape index (κ2) is 6.46. The second-order valence-electron chi connectivity index (χ2n) is 7.42. The number of nitrogens with one attached hydrogen (secondary N) is 3. The van der Waals surface area contributed by atoms with E-state index < -0.39 is 10.0 Å². The van der Waals surface area contributed by atoms with Crippen LogP contribution in [0, 0.1) is 0 Å². The van der Waals surface area contributed by atoms with Crippen molar-refractivity contribution < 1.29 is 8.42 Å². The summed E-state index contributed by atoms with van der Waals surface area (Å²) in [7, 11) is -3.40. The second-order valence-corrected chi connectivity index (χ2v) is 9.16. The highest BCUT2D eigenvalue weighted by Gasteiger charge is 2.26. The molecule has 0 amide bonds. The topological polar surface area (TPSA) is 109 Å². The minimum absolute atomic E-state index is 0.188. The van der Waals surface area contributed by atoms with E-state index in [9.17, 15) is 13.2 Å². The molecule has 9 heteroatoms. The summed E-state index contributed by atoms with van der Waals surface area (Å²) in [5.74, 6) is 0.496. The molecule has 0 bridgehead atoms. The summed E-state index contributed by atoms with van der Waals surface area (Å²) in [4.78, 5) is 15.6. The van der Waals surface area contributed by atoms with Crippen molar-refractivity contribution in [1.29, 1.82) is 0 Å². The number of aromatic nitrogens is 3. The van der Waals surface area contributed by atoms with E-state index in [1.54, 1.807) is 24.4 Å². The Hall–Kier alpha value is -2.65. The third-order valence-electron chi connectivity index (χ3n) is 5.62. The molecular formula is C19H21N5O3S. The van der Waals surface area contributed by atoms with Gasteiger partial charge in [0.15, 0.2) is 5.82 Å². The summed E-state index contributed by atoms with van der Waals surface area (Å²) in [6, 6.07) is 7.25. The molecule has 1 aliphatic carbocycles. The van der Waals surface area contributed by atoms with Gasteiger partial charge in [-0.1, -0.05) is 19.3 Å². The Balaban J connectivity index is 1.57. The average molecular weight is 399 g/mol. The summed E-state index contributed by atoms with van der Waals surface area (Å²) in [6.45, 7) is 0.269. The minimum atomic E-state index is -3.40. The molecule has 2 aliphatic rings. The molecule has 0 atom stereocenters. The van der Waals surface area contributed by atoms with Crippen LogP contribution in [0.25, 0.3) is 10.9 Å². The van der Waals surface area contributed by atoms with Crippen LogP contribution in [-0.2, 0) is 16.6 Å². The molecule has 0 unspecified atom stereocenters. The van der Waals surface area contributed by atoms with E-state index >= 15 is 0 Å². The largest absolute Gasteiger partial charge is 0.338 e. The van der Waals surface area contributed by atoms with Crippen molar-refractivity contribution in [3.8, 4) is 0 Å². The van der Waals surface area contributed by atoms with Crippen LogP contribution < -0.4 is 15.6 Å². The van der Waals surface area contributed by atoms with Gasteiger partial charge in [0.05, 0.1) is 16.5 Å². The Bertz CT molecular complexity index is 1220. The Kier molecular flexibility index (Phi) is 4.02. The highest BCUT2D eigenvalue weighted by Crippen LogP contribution is 2.33. The molecule has 8 nitrogen and oxygen atoms in total. The van der Waals surface area contributed by atoms with Crippen molar-refractivity contribution in [2.45, 2.75) is 49.6 Å². The zero-order valence-electron chi connectivity index (χ0n) is 15.2. The summed E-state index contributed by atoms with van der Waals surface area (Å²) in [5.41, 5.74) is 2.04. The van der Waals surface area contributed by atoms with Gasteiger partial charge in [0, 0.05) is 18.4 Å². The van der Waals surface area contributed by atoms with Crippen LogP contribution in [0.1, 0.15) is 43.7 Å². The molecule has 1 fully saturated rings. The molecule has 0 spiro atoms. The number of pyridine rings is 1. The molecule has 3 heterocycles. The summed E-state index contributed by atoms with van der Waals surface area (Å²) in [5, 5.41) is 8.50. The number of nitrogens with zero attached hydrogens (tertiary/aromatic N) is 2. The van der Waals surface area contributed by atoms with Gasteiger partial charge in [-0.2, -0.15) is 5.10 Å². The summed E-state index contributed by atoms with van der Waals surface area (Å²) >= 11 is 0. The van der Waals surface area contributed by atoms with E-state index in [-0.39, 0.29) is 12.1 Å². The van der Waals surface area contributed by atoms with Gasteiger partial charge in [0.2, 0.25) is 10.0 Å². The molecule has 1 aliphatic heterocycles. The highest BCUT2D eigenvalue weighted by molar-refractivity contribution is 7.89. The van der Waals surface area contributed by atoms with Crippen molar-refractivity contribution in [2.75, 3.05) is 5.32 Å². The van der Waals surface area contributed by atoms with Gasteiger partial charge >= 0.3 is 0 Å². The van der Waals surface area contributed by atoms with E-state index in [2.05, 4.69) is 15.0 Å². The van der Waals surface area contributed by atoms with Crippen molar-refractivity contribution in [3.63, 3.8) is 0 Å². The predicted molar refractivity (Wildman–Crippen MR) is 106 cm³/mol. The van der Waals surface area contributed by atoms with E-state index in [0.717, 1.165) is 18.4 Å². The van der Waals surface area contributed by atoms with Crippen molar-refractivity contribution in [2.24, 2.45) is 0 Å². The Morgan fingerprint density at radius 1 is 1.14 bits per heavy atom. The van der Waals surface area contributed by atoms with Gasteiger partial charge in [-0.3, -0.25) is 9.48 Å².